The maximum Gasteiger partial charge on any atom is 0.338 e. The van der Waals surface area contributed by atoms with Crippen LogP contribution in [0.3, 0.4) is 0 Å². The molecule has 1 aliphatic heterocycles. The lowest BCUT2D eigenvalue weighted by Gasteiger charge is -2.35. The number of halogens is 2. The molecular formula is C27H31Cl2N3O4. The molecule has 0 radical (unpaired) electrons. The highest BCUT2D eigenvalue weighted by atomic mass is 35.5. The Bertz CT molecular complexity index is 1180. The lowest BCUT2D eigenvalue weighted by Crippen LogP contribution is -2.48. The number of hydrogen-bond acceptors (Lipinski definition) is 4. The van der Waals surface area contributed by atoms with Gasteiger partial charge in [0.1, 0.15) is 0 Å². The summed E-state index contributed by atoms with van der Waals surface area (Å²) in [5.41, 5.74) is 2.43. The van der Waals surface area contributed by atoms with Crippen LogP contribution in [0.1, 0.15) is 62.5 Å². The van der Waals surface area contributed by atoms with Gasteiger partial charge in [0, 0.05) is 23.5 Å². The first-order valence-corrected chi connectivity index (χ1v) is 12.7. The van der Waals surface area contributed by atoms with Gasteiger partial charge in [-0.3, -0.25) is 9.69 Å². The number of rotatable bonds is 9. The molecule has 2 aromatic carbocycles. The predicted octanol–water partition coefficient (Wildman–Crippen LogP) is 6.59. The Labute approximate surface area is 221 Å². The molecule has 3 rings (SSSR count). The molecule has 1 unspecified atom stereocenters. The van der Waals surface area contributed by atoms with Crippen LogP contribution >= 0.6 is 23.2 Å². The fourth-order valence-electron chi connectivity index (χ4n) is 3.84. The first-order chi connectivity index (χ1) is 17.1. The molecule has 1 aliphatic rings. The summed E-state index contributed by atoms with van der Waals surface area (Å²) in [6.07, 6.45) is 1.72. The normalized spacial score (nSPS) is 15.7. The van der Waals surface area contributed by atoms with Crippen LogP contribution in [0, 0.1) is 5.92 Å². The minimum atomic E-state index is -0.725. The van der Waals surface area contributed by atoms with Crippen molar-refractivity contribution in [1.29, 1.82) is 0 Å². The van der Waals surface area contributed by atoms with E-state index in [1.54, 1.807) is 48.2 Å². The molecule has 36 heavy (non-hydrogen) atoms. The Kier molecular flexibility index (Phi) is 9.40. The Morgan fingerprint density at radius 2 is 1.89 bits per heavy atom. The van der Waals surface area contributed by atoms with E-state index in [0.29, 0.717) is 39.7 Å². The number of anilines is 1. The number of carbonyl (C=O) groups is 3. The van der Waals surface area contributed by atoms with Gasteiger partial charge in [-0.1, -0.05) is 62.5 Å². The first kappa shape index (κ1) is 27.6. The SMILES string of the molecule is CCCCN1C(=O)NC(c2cccc(NC(=O)c3ccc(Cl)c(Cl)c3)c2)C(C(=O)OCC(C)C)=C1C. The summed E-state index contributed by atoms with van der Waals surface area (Å²) in [6, 6.07) is 10.6. The van der Waals surface area contributed by atoms with E-state index in [1.165, 1.54) is 6.07 Å². The number of unbranched alkanes of at least 4 members (excludes halogenated alkanes) is 1. The van der Waals surface area contributed by atoms with Gasteiger partial charge in [-0.15, -0.1) is 0 Å². The van der Waals surface area contributed by atoms with Crippen molar-refractivity contribution in [1.82, 2.24) is 10.2 Å². The lowest BCUT2D eigenvalue weighted by molar-refractivity contribution is -0.140. The van der Waals surface area contributed by atoms with Crippen molar-refractivity contribution in [2.45, 2.75) is 46.6 Å². The molecule has 0 fully saturated rings. The molecule has 0 aromatic heterocycles. The second kappa shape index (κ2) is 12.3. The summed E-state index contributed by atoms with van der Waals surface area (Å²) in [5.74, 6) is -0.673. The van der Waals surface area contributed by atoms with Gasteiger partial charge < -0.3 is 15.4 Å². The average Bonchev–Trinajstić information content (AvgIpc) is 2.84. The third-order valence-electron chi connectivity index (χ3n) is 5.76. The Morgan fingerprint density at radius 1 is 1.14 bits per heavy atom. The number of amides is 3. The number of urea groups is 1. The van der Waals surface area contributed by atoms with E-state index in [0.717, 1.165) is 12.8 Å². The Balaban J connectivity index is 1.93. The third kappa shape index (κ3) is 6.59. The Morgan fingerprint density at radius 3 is 2.56 bits per heavy atom. The van der Waals surface area contributed by atoms with Gasteiger partial charge in [0.15, 0.2) is 0 Å². The third-order valence-corrected chi connectivity index (χ3v) is 6.50. The van der Waals surface area contributed by atoms with E-state index in [1.807, 2.05) is 20.8 Å². The first-order valence-electron chi connectivity index (χ1n) is 11.9. The van der Waals surface area contributed by atoms with Gasteiger partial charge >= 0.3 is 12.0 Å². The van der Waals surface area contributed by atoms with Gasteiger partial charge in [0.2, 0.25) is 0 Å². The second-order valence-corrected chi connectivity index (χ2v) is 9.90. The molecule has 0 saturated carbocycles. The highest BCUT2D eigenvalue weighted by Gasteiger charge is 2.36. The zero-order chi connectivity index (χ0) is 26.4. The zero-order valence-corrected chi connectivity index (χ0v) is 22.4. The number of esters is 1. The van der Waals surface area contributed by atoms with Crippen LogP contribution in [0.4, 0.5) is 10.5 Å². The molecule has 2 aromatic rings. The van der Waals surface area contributed by atoms with Crippen LogP contribution in [0.15, 0.2) is 53.7 Å². The fraction of sp³-hybridized carbons (Fsp3) is 0.370. The van der Waals surface area contributed by atoms with E-state index in [9.17, 15) is 14.4 Å². The molecule has 0 saturated heterocycles. The van der Waals surface area contributed by atoms with Gasteiger partial charge in [0.05, 0.1) is 28.3 Å². The molecule has 3 amide bonds. The molecule has 9 heteroatoms. The smallest absolute Gasteiger partial charge is 0.338 e. The van der Waals surface area contributed by atoms with E-state index >= 15 is 0 Å². The quantitative estimate of drug-likeness (QED) is 0.357. The number of nitrogens with one attached hydrogen (secondary N) is 2. The topological polar surface area (TPSA) is 87.7 Å². The number of carbonyl (C=O) groups excluding carboxylic acids is 3. The van der Waals surface area contributed by atoms with Gasteiger partial charge in [0.25, 0.3) is 5.91 Å². The van der Waals surface area contributed by atoms with Crippen LogP contribution < -0.4 is 10.6 Å². The lowest BCUT2D eigenvalue weighted by atomic mass is 9.94. The summed E-state index contributed by atoms with van der Waals surface area (Å²) in [7, 11) is 0. The van der Waals surface area contributed by atoms with E-state index < -0.39 is 12.0 Å². The monoisotopic (exact) mass is 531 g/mol. The fourth-order valence-corrected chi connectivity index (χ4v) is 4.14. The molecule has 192 valence electrons. The van der Waals surface area contributed by atoms with Crippen molar-refractivity contribution in [3.63, 3.8) is 0 Å². The number of ether oxygens (including phenoxy) is 1. The number of benzene rings is 2. The second-order valence-electron chi connectivity index (χ2n) is 9.09. The van der Waals surface area contributed by atoms with Gasteiger partial charge in [-0.05, 0) is 55.2 Å². The largest absolute Gasteiger partial charge is 0.462 e. The summed E-state index contributed by atoms with van der Waals surface area (Å²) >= 11 is 12.0. The van der Waals surface area contributed by atoms with Crippen molar-refractivity contribution in [2.24, 2.45) is 5.92 Å². The summed E-state index contributed by atoms with van der Waals surface area (Å²) in [5, 5.41) is 6.42. The van der Waals surface area contributed by atoms with Crippen molar-refractivity contribution in [3.05, 3.63) is 74.9 Å². The average molecular weight is 532 g/mol. The molecule has 0 spiro atoms. The highest BCUT2D eigenvalue weighted by molar-refractivity contribution is 6.42. The summed E-state index contributed by atoms with van der Waals surface area (Å²) in [4.78, 5) is 40.5. The standard InChI is InChI=1S/C27H31Cl2N3O4/c1-5-6-12-32-17(4)23(26(34)36-15-16(2)3)24(31-27(32)35)18-8-7-9-20(13-18)30-25(33)19-10-11-21(28)22(29)14-19/h7-11,13-14,16,24H,5-6,12,15H2,1-4H3,(H,30,33)(H,31,35). The van der Waals surface area contributed by atoms with Crippen LogP contribution in [0.25, 0.3) is 0 Å². The van der Waals surface area contributed by atoms with Crippen molar-refractivity contribution < 1.29 is 19.1 Å². The highest BCUT2D eigenvalue weighted by Crippen LogP contribution is 2.33. The number of allylic oxidation sites excluding steroid dienone is 1. The summed E-state index contributed by atoms with van der Waals surface area (Å²) in [6.45, 7) is 8.50. The van der Waals surface area contributed by atoms with E-state index in [-0.39, 0.29) is 29.5 Å². The molecule has 1 atom stereocenters. The molecule has 0 bridgehead atoms. The van der Waals surface area contributed by atoms with Crippen molar-refractivity contribution in [3.8, 4) is 0 Å². The van der Waals surface area contributed by atoms with Crippen molar-refractivity contribution in [2.75, 3.05) is 18.5 Å². The van der Waals surface area contributed by atoms with E-state index in [2.05, 4.69) is 10.6 Å². The molecule has 2 N–H and O–H groups in total. The summed E-state index contributed by atoms with van der Waals surface area (Å²) < 4.78 is 5.56. The van der Waals surface area contributed by atoms with E-state index in [4.69, 9.17) is 27.9 Å². The zero-order valence-electron chi connectivity index (χ0n) is 20.9. The minimum absolute atomic E-state index is 0.169. The van der Waals surface area contributed by atoms with Crippen LogP contribution in [-0.4, -0.2) is 36.0 Å². The predicted molar refractivity (Wildman–Crippen MR) is 142 cm³/mol. The molecule has 1 heterocycles. The maximum atomic E-state index is 13.2. The molecule has 0 aliphatic carbocycles. The number of hydrogen-bond donors (Lipinski definition) is 2. The molecular weight excluding hydrogens is 501 g/mol. The Hall–Kier alpha value is -3.03. The van der Waals surface area contributed by atoms with Crippen LogP contribution in [0.2, 0.25) is 10.0 Å². The maximum absolute atomic E-state index is 13.2. The van der Waals surface area contributed by atoms with Gasteiger partial charge in [-0.2, -0.15) is 0 Å². The minimum Gasteiger partial charge on any atom is -0.462 e. The van der Waals surface area contributed by atoms with Gasteiger partial charge in [-0.25, -0.2) is 9.59 Å². The van der Waals surface area contributed by atoms with Crippen LogP contribution in [-0.2, 0) is 9.53 Å². The van der Waals surface area contributed by atoms with Crippen molar-refractivity contribution >= 4 is 46.8 Å². The molecule has 7 nitrogen and oxygen atoms in total. The van der Waals surface area contributed by atoms with Crippen LogP contribution in [0.5, 0.6) is 0 Å². The number of nitrogens with zero attached hydrogens (tertiary/aromatic N) is 1.